The van der Waals surface area contributed by atoms with E-state index in [0.29, 0.717) is 0 Å². The Morgan fingerprint density at radius 3 is 2.88 bits per heavy atom. The summed E-state index contributed by atoms with van der Waals surface area (Å²) in [6, 6.07) is 0. The van der Waals surface area contributed by atoms with Crippen LogP contribution in [0.3, 0.4) is 0 Å². The number of hydrogen-bond acceptors (Lipinski definition) is 2. The second-order valence-electron chi connectivity index (χ2n) is 1.08. The molecule has 2 heteroatoms. The van der Waals surface area contributed by atoms with Gasteiger partial charge in [0.1, 0.15) is 5.70 Å². The van der Waals surface area contributed by atoms with Gasteiger partial charge in [0.05, 0.1) is 0 Å². The van der Waals surface area contributed by atoms with Crippen LogP contribution in [0.1, 0.15) is 0 Å². The quantitative estimate of drug-likeness (QED) is 0.298. The third-order valence-electron chi connectivity index (χ3n) is 0.489. The lowest BCUT2D eigenvalue weighted by Crippen LogP contribution is -1.60. The van der Waals surface area contributed by atoms with Crippen molar-refractivity contribution in [3.63, 3.8) is 0 Å². The fraction of sp³-hybridized carbons (Fsp3) is 0. The minimum atomic E-state index is 0.142. The third kappa shape index (κ3) is 2.86. The van der Waals surface area contributed by atoms with Crippen molar-refractivity contribution in [3.8, 4) is 12.3 Å². The normalized spacial score (nSPS) is 8.38. The fourth-order valence-electron chi connectivity index (χ4n) is 0.175. The van der Waals surface area contributed by atoms with Gasteiger partial charge in [-0.3, -0.25) is 0 Å². The van der Waals surface area contributed by atoms with Gasteiger partial charge in [-0.05, 0) is 17.3 Å². The summed E-state index contributed by atoms with van der Waals surface area (Å²) >= 11 is 0. The van der Waals surface area contributed by atoms with Gasteiger partial charge in [-0.15, -0.1) is 11.3 Å². The standard InChI is InChI=1S/C6H5NO/c1-3-4-5-6(2)7-8/h1,4-5H,2H2/b5-4+. The van der Waals surface area contributed by atoms with Crippen LogP contribution in [0, 0.1) is 17.3 Å². The molecular formula is C6H5NO. The summed E-state index contributed by atoms with van der Waals surface area (Å²) in [6.07, 6.45) is 7.54. The van der Waals surface area contributed by atoms with E-state index in [-0.39, 0.29) is 5.70 Å². The van der Waals surface area contributed by atoms with Gasteiger partial charge in [-0.25, -0.2) is 0 Å². The Balaban J connectivity index is 3.75. The minimum Gasteiger partial charge on any atom is -0.145 e. The SMILES string of the molecule is C#C/C=C/C(=C)N=O. The Hall–Kier alpha value is -1.36. The Morgan fingerprint density at radius 1 is 1.88 bits per heavy atom. The molecule has 0 aliphatic rings. The molecule has 2 nitrogen and oxygen atoms in total. The van der Waals surface area contributed by atoms with E-state index in [1.165, 1.54) is 12.2 Å². The average molecular weight is 107 g/mol. The number of terminal acetylenes is 1. The molecule has 0 amide bonds. The molecule has 0 radical (unpaired) electrons. The monoisotopic (exact) mass is 107 g/mol. The first-order valence-corrected chi connectivity index (χ1v) is 1.96. The first kappa shape index (κ1) is 6.64. The maximum absolute atomic E-state index is 9.54. The van der Waals surface area contributed by atoms with Gasteiger partial charge < -0.3 is 0 Å². The van der Waals surface area contributed by atoms with Gasteiger partial charge in [0, 0.05) is 0 Å². The molecule has 0 aromatic rings. The average Bonchev–Trinajstić information content (AvgIpc) is 1.83. The Labute approximate surface area is 47.9 Å². The van der Waals surface area contributed by atoms with Gasteiger partial charge in [-0.1, -0.05) is 12.5 Å². The summed E-state index contributed by atoms with van der Waals surface area (Å²) in [5.41, 5.74) is 0.142. The van der Waals surface area contributed by atoms with E-state index in [1.54, 1.807) is 0 Å². The van der Waals surface area contributed by atoms with Gasteiger partial charge in [0.15, 0.2) is 0 Å². The van der Waals surface area contributed by atoms with Crippen molar-refractivity contribution in [2.24, 2.45) is 5.18 Å². The maximum Gasteiger partial charge on any atom is 0.101 e. The van der Waals surface area contributed by atoms with Crippen molar-refractivity contribution in [1.29, 1.82) is 0 Å². The molecule has 40 valence electrons. The van der Waals surface area contributed by atoms with Crippen molar-refractivity contribution in [2.45, 2.75) is 0 Å². The molecule has 0 rings (SSSR count). The molecule has 0 aliphatic heterocycles. The molecule has 0 aliphatic carbocycles. The predicted molar refractivity (Wildman–Crippen MR) is 32.9 cm³/mol. The summed E-state index contributed by atoms with van der Waals surface area (Å²) in [5, 5.41) is 2.50. The summed E-state index contributed by atoms with van der Waals surface area (Å²) < 4.78 is 0. The molecule has 0 fully saturated rings. The van der Waals surface area contributed by atoms with E-state index < -0.39 is 0 Å². The predicted octanol–water partition coefficient (Wildman–Crippen LogP) is 1.46. The van der Waals surface area contributed by atoms with Crippen LogP contribution in [0.5, 0.6) is 0 Å². The van der Waals surface area contributed by atoms with Gasteiger partial charge in [0.25, 0.3) is 0 Å². The second kappa shape index (κ2) is 3.82. The van der Waals surface area contributed by atoms with Crippen LogP contribution in [-0.4, -0.2) is 0 Å². The lowest BCUT2D eigenvalue weighted by atomic mass is 10.4. The molecular weight excluding hydrogens is 102 g/mol. The van der Waals surface area contributed by atoms with Crippen LogP contribution in [0.15, 0.2) is 29.6 Å². The molecule has 0 spiro atoms. The lowest BCUT2D eigenvalue weighted by Gasteiger charge is -1.73. The van der Waals surface area contributed by atoms with Crippen LogP contribution in [0.25, 0.3) is 0 Å². The van der Waals surface area contributed by atoms with Crippen molar-refractivity contribution in [3.05, 3.63) is 29.3 Å². The van der Waals surface area contributed by atoms with Gasteiger partial charge in [0.2, 0.25) is 0 Å². The fourth-order valence-corrected chi connectivity index (χ4v) is 0.175. The van der Waals surface area contributed by atoms with E-state index in [2.05, 4.69) is 17.7 Å². The van der Waals surface area contributed by atoms with Crippen LogP contribution in [-0.2, 0) is 0 Å². The molecule has 0 saturated heterocycles. The molecule has 0 N–H and O–H groups in total. The molecule has 0 aromatic heterocycles. The first-order valence-electron chi connectivity index (χ1n) is 1.96. The Bertz CT molecular complexity index is 162. The van der Waals surface area contributed by atoms with Crippen molar-refractivity contribution in [1.82, 2.24) is 0 Å². The largest absolute Gasteiger partial charge is 0.145 e. The third-order valence-corrected chi connectivity index (χ3v) is 0.489. The molecule has 8 heavy (non-hydrogen) atoms. The lowest BCUT2D eigenvalue weighted by molar-refractivity contribution is 1.41. The summed E-state index contributed by atoms with van der Waals surface area (Å²) in [6.45, 7) is 3.25. The van der Waals surface area contributed by atoms with Crippen LogP contribution >= 0.6 is 0 Å². The highest BCUT2D eigenvalue weighted by molar-refractivity contribution is 5.20. The van der Waals surface area contributed by atoms with Crippen molar-refractivity contribution in [2.75, 3.05) is 0 Å². The zero-order valence-electron chi connectivity index (χ0n) is 4.29. The number of rotatable bonds is 2. The summed E-state index contributed by atoms with van der Waals surface area (Å²) in [4.78, 5) is 9.54. The molecule has 0 unspecified atom stereocenters. The zero-order valence-corrected chi connectivity index (χ0v) is 4.29. The smallest absolute Gasteiger partial charge is 0.101 e. The van der Waals surface area contributed by atoms with Crippen LogP contribution in [0.4, 0.5) is 0 Å². The molecule has 0 aromatic carbocycles. The highest BCUT2D eigenvalue weighted by Gasteiger charge is 1.77. The highest BCUT2D eigenvalue weighted by atomic mass is 16.3. The van der Waals surface area contributed by atoms with Gasteiger partial charge in [-0.2, -0.15) is 0 Å². The highest BCUT2D eigenvalue weighted by Crippen LogP contribution is 1.90. The van der Waals surface area contributed by atoms with E-state index >= 15 is 0 Å². The number of nitrogens with zero attached hydrogens (tertiary/aromatic N) is 1. The van der Waals surface area contributed by atoms with E-state index in [9.17, 15) is 4.91 Å². The van der Waals surface area contributed by atoms with Crippen LogP contribution in [0.2, 0.25) is 0 Å². The first-order chi connectivity index (χ1) is 3.81. The maximum atomic E-state index is 9.54. The Kier molecular flexibility index (Phi) is 3.17. The van der Waals surface area contributed by atoms with Crippen molar-refractivity contribution >= 4 is 0 Å². The van der Waals surface area contributed by atoms with E-state index in [1.807, 2.05) is 0 Å². The topological polar surface area (TPSA) is 29.4 Å². The van der Waals surface area contributed by atoms with Crippen LogP contribution < -0.4 is 0 Å². The summed E-state index contributed by atoms with van der Waals surface area (Å²) in [7, 11) is 0. The van der Waals surface area contributed by atoms with E-state index in [0.717, 1.165) is 0 Å². The minimum absolute atomic E-state index is 0.142. The molecule has 0 atom stereocenters. The molecule has 0 saturated carbocycles. The second-order valence-corrected chi connectivity index (χ2v) is 1.08. The molecule has 0 heterocycles. The number of hydrogen-bond donors (Lipinski definition) is 0. The number of nitroso groups, excluding NO2 is 1. The summed E-state index contributed by atoms with van der Waals surface area (Å²) in [5.74, 6) is 2.19. The van der Waals surface area contributed by atoms with Crippen molar-refractivity contribution < 1.29 is 0 Å². The number of allylic oxidation sites excluding steroid dienone is 2. The molecule has 0 bridgehead atoms. The zero-order chi connectivity index (χ0) is 6.41. The Morgan fingerprint density at radius 2 is 2.50 bits per heavy atom. The van der Waals surface area contributed by atoms with Gasteiger partial charge >= 0.3 is 0 Å². The van der Waals surface area contributed by atoms with E-state index in [4.69, 9.17) is 6.42 Å².